The molecule has 0 spiro atoms. The van der Waals surface area contributed by atoms with Gasteiger partial charge in [0.15, 0.2) is 0 Å². The Morgan fingerprint density at radius 3 is 1.25 bits per heavy atom. The molecule has 4 unspecified atom stereocenters. The maximum absolute atomic E-state index is 12.4. The van der Waals surface area contributed by atoms with Crippen molar-refractivity contribution in [3.63, 3.8) is 0 Å². The van der Waals surface area contributed by atoms with Crippen molar-refractivity contribution >= 4 is 5.91 Å². The van der Waals surface area contributed by atoms with Gasteiger partial charge in [0.25, 0.3) is 0 Å². The first kappa shape index (κ1) is 47.0. The van der Waals surface area contributed by atoms with E-state index in [9.17, 15) is 25.2 Å². The van der Waals surface area contributed by atoms with Gasteiger partial charge in [-0.25, -0.2) is 0 Å². The number of hydrogen-bond acceptors (Lipinski definition) is 5. The van der Waals surface area contributed by atoms with E-state index in [1.54, 1.807) is 0 Å². The van der Waals surface area contributed by atoms with Crippen LogP contribution in [0.2, 0.25) is 0 Å². The second kappa shape index (κ2) is 37.3. The Bertz CT molecular complexity index is 687. The number of carbonyl (C=O) groups is 1. The fourth-order valence-corrected chi connectivity index (χ4v) is 6.58. The molecule has 286 valence electrons. The van der Waals surface area contributed by atoms with Crippen LogP contribution in [0.3, 0.4) is 0 Å². The molecule has 0 rings (SSSR count). The van der Waals surface area contributed by atoms with Crippen LogP contribution < -0.4 is 5.32 Å². The maximum atomic E-state index is 12.4. The van der Waals surface area contributed by atoms with Crippen molar-refractivity contribution in [2.75, 3.05) is 6.61 Å². The Morgan fingerprint density at radius 1 is 0.500 bits per heavy atom. The average molecular weight is 682 g/mol. The predicted octanol–water partition coefficient (Wildman–Crippen LogP) is 10.6. The Balaban J connectivity index is 3.62. The number of amides is 1. The van der Waals surface area contributed by atoms with Gasteiger partial charge in [-0.3, -0.25) is 4.79 Å². The molecule has 5 N–H and O–H groups in total. The molecule has 0 aromatic carbocycles. The maximum Gasteiger partial charge on any atom is 0.249 e. The van der Waals surface area contributed by atoms with E-state index in [0.29, 0.717) is 12.8 Å². The quantitative estimate of drug-likeness (QED) is 0.0329. The molecule has 0 radical (unpaired) electrons. The van der Waals surface area contributed by atoms with Gasteiger partial charge in [0, 0.05) is 0 Å². The third-order valence-electron chi connectivity index (χ3n) is 9.98. The first-order valence-corrected chi connectivity index (χ1v) is 21.1. The molecule has 0 aromatic rings. The van der Waals surface area contributed by atoms with Gasteiger partial charge in [-0.05, 0) is 32.1 Å². The molecule has 0 saturated heterocycles. The van der Waals surface area contributed by atoms with E-state index >= 15 is 0 Å². The highest BCUT2D eigenvalue weighted by Gasteiger charge is 2.28. The molecule has 6 heteroatoms. The minimum Gasteiger partial charge on any atom is -0.394 e. The number of aliphatic hydroxyl groups excluding tert-OH is 4. The molecule has 48 heavy (non-hydrogen) atoms. The van der Waals surface area contributed by atoms with Crippen LogP contribution >= 0.6 is 0 Å². The predicted molar refractivity (Wildman–Crippen MR) is 205 cm³/mol. The molecule has 0 aromatic heterocycles. The van der Waals surface area contributed by atoms with Gasteiger partial charge in [0.1, 0.15) is 12.2 Å². The summed E-state index contributed by atoms with van der Waals surface area (Å²) in [6.07, 6.45) is 39.9. The Kier molecular flexibility index (Phi) is 36.6. The van der Waals surface area contributed by atoms with E-state index in [-0.39, 0.29) is 6.42 Å². The summed E-state index contributed by atoms with van der Waals surface area (Å²) in [5, 5.41) is 43.3. The van der Waals surface area contributed by atoms with Crippen LogP contribution in [0.4, 0.5) is 0 Å². The molecule has 0 aliphatic rings. The SMILES string of the molecule is CCCCCC/C=C\CCC(O)C(=O)NC(CO)C(O)C(O)CCCCCCCCCCCCCCCCCCCCCCCCCC. The first-order valence-electron chi connectivity index (χ1n) is 21.1. The summed E-state index contributed by atoms with van der Waals surface area (Å²) < 4.78 is 0. The summed E-state index contributed by atoms with van der Waals surface area (Å²) in [5.74, 6) is -0.619. The smallest absolute Gasteiger partial charge is 0.249 e. The van der Waals surface area contributed by atoms with Gasteiger partial charge in [-0.2, -0.15) is 0 Å². The lowest BCUT2D eigenvalue weighted by atomic mass is 9.99. The number of unbranched alkanes of at least 4 members (excludes halogenated alkanes) is 27. The van der Waals surface area contributed by atoms with Crippen LogP contribution in [0.15, 0.2) is 12.2 Å². The third kappa shape index (κ3) is 31.1. The molecule has 6 nitrogen and oxygen atoms in total. The molecule has 0 bridgehead atoms. The number of nitrogens with one attached hydrogen (secondary N) is 1. The highest BCUT2D eigenvalue weighted by molar-refractivity contribution is 5.80. The van der Waals surface area contributed by atoms with Gasteiger partial charge in [0.05, 0.1) is 18.8 Å². The Morgan fingerprint density at radius 2 is 0.854 bits per heavy atom. The van der Waals surface area contributed by atoms with Crippen molar-refractivity contribution in [2.45, 2.75) is 244 Å². The number of allylic oxidation sites excluding steroid dienone is 2. The minimum atomic E-state index is -1.27. The summed E-state index contributed by atoms with van der Waals surface area (Å²) >= 11 is 0. The van der Waals surface area contributed by atoms with Crippen molar-refractivity contribution < 1.29 is 25.2 Å². The van der Waals surface area contributed by atoms with E-state index in [0.717, 1.165) is 32.1 Å². The number of rotatable bonds is 38. The van der Waals surface area contributed by atoms with Crippen molar-refractivity contribution in [1.29, 1.82) is 0 Å². The summed E-state index contributed by atoms with van der Waals surface area (Å²) in [5.41, 5.74) is 0. The van der Waals surface area contributed by atoms with E-state index in [1.165, 1.54) is 154 Å². The van der Waals surface area contributed by atoms with E-state index < -0.39 is 36.9 Å². The van der Waals surface area contributed by atoms with Crippen molar-refractivity contribution in [1.82, 2.24) is 5.32 Å². The Labute approximate surface area is 298 Å². The molecule has 1 amide bonds. The molecule has 0 fully saturated rings. The normalized spacial score (nSPS) is 14.4. The van der Waals surface area contributed by atoms with Crippen molar-refractivity contribution in [3.8, 4) is 0 Å². The van der Waals surface area contributed by atoms with Crippen molar-refractivity contribution in [3.05, 3.63) is 12.2 Å². The highest BCUT2D eigenvalue weighted by Crippen LogP contribution is 2.17. The second-order valence-electron chi connectivity index (χ2n) is 14.7. The lowest BCUT2D eigenvalue weighted by Crippen LogP contribution is -2.53. The molecular formula is C42H83NO5. The summed E-state index contributed by atoms with van der Waals surface area (Å²) in [4.78, 5) is 12.4. The fourth-order valence-electron chi connectivity index (χ4n) is 6.58. The zero-order valence-electron chi connectivity index (χ0n) is 32.0. The largest absolute Gasteiger partial charge is 0.394 e. The topological polar surface area (TPSA) is 110 Å². The molecule has 0 aliphatic carbocycles. The molecule has 0 aliphatic heterocycles. The summed E-state index contributed by atoms with van der Waals surface area (Å²) in [6.45, 7) is 3.98. The molecular weight excluding hydrogens is 598 g/mol. The van der Waals surface area contributed by atoms with Gasteiger partial charge in [-0.15, -0.1) is 0 Å². The van der Waals surface area contributed by atoms with Gasteiger partial charge < -0.3 is 25.7 Å². The van der Waals surface area contributed by atoms with Crippen molar-refractivity contribution in [2.24, 2.45) is 0 Å². The fraction of sp³-hybridized carbons (Fsp3) is 0.929. The first-order chi connectivity index (χ1) is 23.5. The van der Waals surface area contributed by atoms with Gasteiger partial charge in [-0.1, -0.05) is 199 Å². The molecule has 0 saturated carbocycles. The van der Waals surface area contributed by atoms with Crippen LogP contribution in [-0.4, -0.2) is 57.3 Å². The zero-order chi connectivity index (χ0) is 35.3. The van der Waals surface area contributed by atoms with E-state index in [2.05, 4.69) is 25.2 Å². The second-order valence-corrected chi connectivity index (χ2v) is 14.7. The van der Waals surface area contributed by atoms with E-state index in [4.69, 9.17) is 0 Å². The number of hydrogen-bond donors (Lipinski definition) is 5. The standard InChI is InChI=1S/C42H83NO5/c1-3-5-7-9-11-13-14-15-16-17-18-19-20-21-22-23-24-25-26-27-28-30-31-33-35-39(45)41(47)38(37-44)43-42(48)40(46)36-34-32-29-12-10-8-6-4-2/h29,32,38-41,44-47H,3-28,30-31,33-37H2,1-2H3,(H,43,48)/b32-29-. The van der Waals surface area contributed by atoms with Crippen LogP contribution in [-0.2, 0) is 4.79 Å². The summed E-state index contributed by atoms with van der Waals surface area (Å²) in [7, 11) is 0. The minimum absolute atomic E-state index is 0.285. The Hall–Kier alpha value is -0.950. The summed E-state index contributed by atoms with van der Waals surface area (Å²) in [6, 6.07) is -0.995. The highest BCUT2D eigenvalue weighted by atomic mass is 16.3. The van der Waals surface area contributed by atoms with Gasteiger partial charge in [0.2, 0.25) is 5.91 Å². The molecule has 4 atom stereocenters. The molecule has 0 heterocycles. The lowest BCUT2D eigenvalue weighted by Gasteiger charge is -2.27. The van der Waals surface area contributed by atoms with Crippen LogP contribution in [0, 0.1) is 0 Å². The number of aliphatic hydroxyl groups is 4. The third-order valence-corrected chi connectivity index (χ3v) is 9.98. The average Bonchev–Trinajstić information content (AvgIpc) is 3.09. The zero-order valence-corrected chi connectivity index (χ0v) is 32.0. The van der Waals surface area contributed by atoms with Crippen LogP contribution in [0.5, 0.6) is 0 Å². The lowest BCUT2D eigenvalue weighted by molar-refractivity contribution is -0.132. The van der Waals surface area contributed by atoms with E-state index in [1.807, 2.05) is 6.08 Å². The van der Waals surface area contributed by atoms with Crippen LogP contribution in [0.1, 0.15) is 219 Å². The van der Waals surface area contributed by atoms with Crippen LogP contribution in [0.25, 0.3) is 0 Å². The number of carbonyl (C=O) groups excluding carboxylic acids is 1. The van der Waals surface area contributed by atoms with Gasteiger partial charge >= 0.3 is 0 Å². The monoisotopic (exact) mass is 682 g/mol.